The Labute approximate surface area is 479 Å². The molecule has 0 saturated heterocycles. The number of hydrogen-bond donors (Lipinski definition) is 0. The molecule has 0 aromatic heterocycles. The predicted molar refractivity (Wildman–Crippen MR) is 332 cm³/mol. The summed E-state index contributed by atoms with van der Waals surface area (Å²) in [4.78, 5) is 37.9. The van der Waals surface area contributed by atoms with Gasteiger partial charge < -0.3 is 27.9 Å². The van der Waals surface area contributed by atoms with Gasteiger partial charge in [0.1, 0.15) is 19.8 Å². The van der Waals surface area contributed by atoms with Crippen molar-refractivity contribution in [2.75, 3.05) is 47.5 Å². The first-order chi connectivity index (χ1) is 38.0. The van der Waals surface area contributed by atoms with E-state index >= 15 is 0 Å². The first-order valence-electron chi connectivity index (χ1n) is 31.2. The average molecular weight is 1110 g/mol. The molecule has 0 aliphatic heterocycles. The quantitative estimate of drug-likeness (QED) is 0.0195. The van der Waals surface area contributed by atoms with Gasteiger partial charge in [0, 0.05) is 12.8 Å². The standard InChI is InChI=1S/C68H116NO8P/c1-6-8-10-12-14-16-18-20-22-23-24-25-26-27-28-29-30-31-32-33-34-35-36-37-38-39-40-41-42-43-44-45-47-49-51-53-55-57-59-61-68(71)77-66(65-76-78(72,73)75-63-62-69(3,4)5)64-74-67(70)60-58-56-54-52-50-48-46-21-19-17-15-13-11-9-7-2/h8,10,14,16,20,22,24-25,27-28,30-31,33-34,36-37,39-40,42-43,66H,6-7,9,11-13,15,17-19,21,23,26,29,32,35,38,41,44-65H2,1-5H3/b10-8-,16-14-,22-20-,25-24-,28-27-,31-30-,34-33-,37-36-,40-39-,43-42-. The van der Waals surface area contributed by atoms with Crippen molar-refractivity contribution in [1.82, 2.24) is 0 Å². The van der Waals surface area contributed by atoms with Crippen LogP contribution >= 0.6 is 7.82 Å². The van der Waals surface area contributed by atoms with Gasteiger partial charge in [-0.2, -0.15) is 0 Å². The van der Waals surface area contributed by atoms with Crippen LogP contribution in [-0.4, -0.2) is 70.0 Å². The topological polar surface area (TPSA) is 111 Å². The molecule has 0 amide bonds. The minimum Gasteiger partial charge on any atom is -0.756 e. The number of phosphoric ester groups is 1. The Balaban J connectivity index is 4.12. The van der Waals surface area contributed by atoms with Gasteiger partial charge in [-0.3, -0.25) is 14.2 Å². The highest BCUT2D eigenvalue weighted by Crippen LogP contribution is 2.38. The second kappa shape index (κ2) is 58.1. The Bertz CT molecular complexity index is 1730. The normalized spacial score (nSPS) is 14.1. The van der Waals surface area contributed by atoms with Crippen molar-refractivity contribution < 1.29 is 42.1 Å². The maximum atomic E-state index is 12.8. The highest BCUT2D eigenvalue weighted by atomic mass is 31.2. The fourth-order valence-corrected chi connectivity index (χ4v) is 8.94. The van der Waals surface area contributed by atoms with E-state index in [9.17, 15) is 19.0 Å². The first-order valence-corrected chi connectivity index (χ1v) is 32.7. The van der Waals surface area contributed by atoms with Crippen LogP contribution in [0.25, 0.3) is 0 Å². The highest BCUT2D eigenvalue weighted by molar-refractivity contribution is 7.45. The van der Waals surface area contributed by atoms with Gasteiger partial charge in [0.25, 0.3) is 7.82 Å². The third-order valence-corrected chi connectivity index (χ3v) is 14.0. The van der Waals surface area contributed by atoms with E-state index in [2.05, 4.69) is 135 Å². The zero-order valence-electron chi connectivity index (χ0n) is 50.6. The number of rotatable bonds is 56. The lowest BCUT2D eigenvalue weighted by atomic mass is 10.0. The van der Waals surface area contributed by atoms with Crippen LogP contribution in [0.1, 0.15) is 245 Å². The van der Waals surface area contributed by atoms with Crippen LogP contribution in [-0.2, 0) is 32.7 Å². The second-order valence-corrected chi connectivity index (χ2v) is 23.1. The summed E-state index contributed by atoms with van der Waals surface area (Å²) in [6.07, 6.45) is 82.5. The first kappa shape index (κ1) is 74.4. The molecule has 2 unspecified atom stereocenters. The van der Waals surface area contributed by atoms with Crippen molar-refractivity contribution in [3.63, 3.8) is 0 Å². The van der Waals surface area contributed by atoms with Gasteiger partial charge in [0.2, 0.25) is 0 Å². The molecule has 0 bridgehead atoms. The Morgan fingerprint density at radius 2 is 0.731 bits per heavy atom. The van der Waals surface area contributed by atoms with Crippen LogP contribution < -0.4 is 4.89 Å². The summed E-state index contributed by atoms with van der Waals surface area (Å²) < 4.78 is 34.1. The van der Waals surface area contributed by atoms with E-state index in [1.807, 2.05) is 21.1 Å². The molecule has 0 aromatic rings. The Kier molecular flexibility index (Phi) is 55.4. The molecule has 446 valence electrons. The van der Waals surface area contributed by atoms with E-state index in [4.69, 9.17) is 18.5 Å². The SMILES string of the molecule is CC/C=C\C/C=C\C/C=C\C/C=C\C/C=C\C/C=C\C/C=C\C/C=C\C/C=C\C/C=C\CCCCCCCCCCC(=O)OC(COC(=O)CCCCCCCCCCCCCCCCC)COP(=O)([O-])OCC[N+](C)(C)C. The monoisotopic (exact) mass is 1110 g/mol. The van der Waals surface area contributed by atoms with Crippen LogP contribution in [0.5, 0.6) is 0 Å². The number of carbonyl (C=O) groups excluding carboxylic acids is 2. The van der Waals surface area contributed by atoms with Gasteiger partial charge in [-0.1, -0.05) is 264 Å². The van der Waals surface area contributed by atoms with Gasteiger partial charge in [0.05, 0.1) is 27.7 Å². The summed E-state index contributed by atoms with van der Waals surface area (Å²) in [5, 5.41) is 0. The molecule has 78 heavy (non-hydrogen) atoms. The molecule has 2 atom stereocenters. The summed E-state index contributed by atoms with van der Waals surface area (Å²) in [6.45, 7) is 4.12. The van der Waals surface area contributed by atoms with Crippen molar-refractivity contribution >= 4 is 19.8 Å². The molecule has 0 heterocycles. The van der Waals surface area contributed by atoms with Crippen LogP contribution in [0.4, 0.5) is 0 Å². The van der Waals surface area contributed by atoms with Gasteiger partial charge >= 0.3 is 11.9 Å². The zero-order valence-corrected chi connectivity index (χ0v) is 51.5. The average Bonchev–Trinajstić information content (AvgIpc) is 3.41. The van der Waals surface area contributed by atoms with Gasteiger partial charge in [-0.15, -0.1) is 0 Å². The molecule has 0 aliphatic rings. The van der Waals surface area contributed by atoms with Gasteiger partial charge in [-0.25, -0.2) is 0 Å². The minimum atomic E-state index is -4.64. The fourth-order valence-electron chi connectivity index (χ4n) is 8.21. The number of ether oxygens (including phenoxy) is 2. The van der Waals surface area contributed by atoms with Crippen molar-refractivity contribution in [2.45, 2.75) is 251 Å². The molecular weight excluding hydrogens is 990 g/mol. The Hall–Kier alpha value is -3.59. The molecule has 0 rings (SSSR count). The van der Waals surface area contributed by atoms with Crippen LogP contribution in [0.15, 0.2) is 122 Å². The molecule has 9 nitrogen and oxygen atoms in total. The maximum absolute atomic E-state index is 12.8. The number of allylic oxidation sites excluding steroid dienone is 20. The van der Waals surface area contributed by atoms with Gasteiger partial charge in [-0.05, 0) is 89.9 Å². The lowest BCUT2D eigenvalue weighted by Gasteiger charge is -2.28. The zero-order chi connectivity index (χ0) is 57.0. The van der Waals surface area contributed by atoms with Crippen molar-refractivity contribution in [2.24, 2.45) is 0 Å². The molecule has 0 N–H and O–H groups in total. The van der Waals surface area contributed by atoms with Crippen molar-refractivity contribution in [1.29, 1.82) is 0 Å². The molecule has 0 aromatic carbocycles. The predicted octanol–water partition coefficient (Wildman–Crippen LogP) is 19.3. The summed E-state index contributed by atoms with van der Waals surface area (Å²) in [5.41, 5.74) is 0. The van der Waals surface area contributed by atoms with Crippen molar-refractivity contribution in [3.8, 4) is 0 Å². The van der Waals surface area contributed by atoms with Crippen LogP contribution in [0.2, 0.25) is 0 Å². The minimum absolute atomic E-state index is 0.0366. The maximum Gasteiger partial charge on any atom is 0.306 e. The summed E-state index contributed by atoms with van der Waals surface area (Å²) in [7, 11) is 1.15. The summed E-state index contributed by atoms with van der Waals surface area (Å²) in [6, 6.07) is 0. The Morgan fingerprint density at radius 1 is 0.410 bits per heavy atom. The van der Waals surface area contributed by atoms with E-state index in [1.54, 1.807) is 0 Å². The third-order valence-electron chi connectivity index (χ3n) is 13.0. The van der Waals surface area contributed by atoms with E-state index in [0.29, 0.717) is 17.4 Å². The van der Waals surface area contributed by atoms with E-state index in [0.717, 1.165) is 109 Å². The number of quaternary nitrogens is 1. The lowest BCUT2D eigenvalue weighted by Crippen LogP contribution is -2.37. The highest BCUT2D eigenvalue weighted by Gasteiger charge is 2.22. The third kappa shape index (κ3) is 61.6. The van der Waals surface area contributed by atoms with E-state index in [1.165, 1.54) is 103 Å². The number of likely N-dealkylation sites (N-methyl/N-ethyl adjacent to an activating group) is 1. The van der Waals surface area contributed by atoms with Crippen LogP contribution in [0.3, 0.4) is 0 Å². The molecule has 0 radical (unpaired) electrons. The fraction of sp³-hybridized carbons (Fsp3) is 0.676. The number of unbranched alkanes of at least 4 members (excludes halogenated alkanes) is 22. The number of esters is 2. The summed E-state index contributed by atoms with van der Waals surface area (Å²) >= 11 is 0. The molecule has 0 saturated carbocycles. The molecule has 0 spiro atoms. The molecule has 0 fully saturated rings. The van der Waals surface area contributed by atoms with Crippen LogP contribution in [0, 0.1) is 0 Å². The molecular formula is C68H116NO8P. The summed E-state index contributed by atoms with van der Waals surface area (Å²) in [5.74, 6) is -0.843. The van der Waals surface area contributed by atoms with Gasteiger partial charge in [0.15, 0.2) is 6.10 Å². The van der Waals surface area contributed by atoms with E-state index in [-0.39, 0.29) is 32.0 Å². The Morgan fingerprint density at radius 3 is 1.09 bits per heavy atom. The number of carbonyl (C=O) groups is 2. The number of hydrogen-bond acceptors (Lipinski definition) is 8. The second-order valence-electron chi connectivity index (χ2n) is 21.7. The number of nitrogens with zero attached hydrogens (tertiary/aromatic N) is 1. The largest absolute Gasteiger partial charge is 0.756 e. The molecule has 0 aliphatic carbocycles. The van der Waals surface area contributed by atoms with E-state index < -0.39 is 26.5 Å². The smallest absolute Gasteiger partial charge is 0.306 e. The van der Waals surface area contributed by atoms with Crippen molar-refractivity contribution in [3.05, 3.63) is 122 Å². The number of phosphoric acid groups is 1. The molecule has 10 heteroatoms. The lowest BCUT2D eigenvalue weighted by molar-refractivity contribution is -0.870.